The average Bonchev–Trinajstić information content (AvgIpc) is 2.79. The molecule has 2 aliphatic heterocycles. The number of ether oxygens (including phenoxy) is 1. The molecule has 8 nitrogen and oxygen atoms in total. The second-order valence-electron chi connectivity index (χ2n) is 9.21. The smallest absolute Gasteiger partial charge is 0.403 e. The van der Waals surface area contributed by atoms with E-state index >= 15 is 0 Å². The Morgan fingerprint density at radius 3 is 2.61 bits per heavy atom. The van der Waals surface area contributed by atoms with Gasteiger partial charge in [0, 0.05) is 22.8 Å². The Morgan fingerprint density at radius 2 is 2.03 bits per heavy atom. The van der Waals surface area contributed by atoms with Crippen LogP contribution < -0.4 is 11.1 Å². The molecule has 2 aliphatic rings. The Labute approximate surface area is 216 Å². The number of aromatic nitrogens is 2. The molecule has 196 valence electrons. The summed E-state index contributed by atoms with van der Waals surface area (Å²) in [7, 11) is 0. The van der Waals surface area contributed by atoms with E-state index in [1.807, 2.05) is 12.1 Å². The van der Waals surface area contributed by atoms with Crippen LogP contribution in [0.1, 0.15) is 31.2 Å². The van der Waals surface area contributed by atoms with Crippen LogP contribution in [0.15, 0.2) is 35.2 Å². The fourth-order valence-corrected chi connectivity index (χ4v) is 4.63. The molecule has 36 heavy (non-hydrogen) atoms. The Balaban J connectivity index is 1.49. The lowest BCUT2D eigenvalue weighted by Gasteiger charge is -2.41. The summed E-state index contributed by atoms with van der Waals surface area (Å²) in [4.78, 5) is 14.8. The van der Waals surface area contributed by atoms with Crippen molar-refractivity contribution in [2.75, 3.05) is 38.2 Å². The van der Waals surface area contributed by atoms with Gasteiger partial charge in [0.05, 0.1) is 37.0 Å². The third-order valence-corrected chi connectivity index (χ3v) is 7.23. The van der Waals surface area contributed by atoms with Crippen molar-refractivity contribution < 1.29 is 23.0 Å². The fraction of sp³-hybridized carbons (Fsp3) is 0.522. The first kappa shape index (κ1) is 26.9. The Bertz CT molecular complexity index is 1160. The molecule has 1 unspecified atom stereocenters. The van der Waals surface area contributed by atoms with Gasteiger partial charge in [-0.25, -0.2) is 9.97 Å². The molecule has 4 N–H and O–H groups in total. The number of hydrogen-bond acceptors (Lipinski definition) is 8. The highest BCUT2D eigenvalue weighted by molar-refractivity contribution is 6.69. The van der Waals surface area contributed by atoms with Gasteiger partial charge >= 0.3 is 6.18 Å². The van der Waals surface area contributed by atoms with Crippen LogP contribution in [0.2, 0.25) is 5.02 Å². The number of aliphatic hydroxyl groups is 1. The lowest BCUT2D eigenvalue weighted by Crippen LogP contribution is -2.51. The minimum absolute atomic E-state index is 0.00414. The highest BCUT2D eigenvalue weighted by Gasteiger charge is 2.49. The maximum atomic E-state index is 12.9. The number of nitrogens with one attached hydrogen (secondary N) is 1. The number of fused-ring (bicyclic) bond motifs is 1. The molecule has 3 heterocycles. The Morgan fingerprint density at radius 1 is 1.33 bits per heavy atom. The molecule has 0 bridgehead atoms. The molecule has 2 saturated heterocycles. The van der Waals surface area contributed by atoms with Crippen molar-refractivity contribution in [3.8, 4) is 0 Å². The van der Waals surface area contributed by atoms with Gasteiger partial charge < -0.3 is 20.9 Å². The van der Waals surface area contributed by atoms with Gasteiger partial charge in [-0.3, -0.25) is 9.89 Å². The molecule has 1 aromatic heterocycles. The van der Waals surface area contributed by atoms with Gasteiger partial charge in [0.1, 0.15) is 5.17 Å². The van der Waals surface area contributed by atoms with Crippen LogP contribution in [-0.4, -0.2) is 75.8 Å². The number of halogens is 5. The zero-order chi connectivity index (χ0) is 26.1. The van der Waals surface area contributed by atoms with Crippen LogP contribution in [0.3, 0.4) is 0 Å². The quantitative estimate of drug-likeness (QED) is 0.450. The number of likely N-dealkylation sites (tertiary alicyclic amines) is 1. The van der Waals surface area contributed by atoms with Crippen molar-refractivity contribution in [1.29, 1.82) is 0 Å². The molecular formula is C23H27Cl2F3N6O2. The van der Waals surface area contributed by atoms with E-state index in [2.05, 4.69) is 25.2 Å². The van der Waals surface area contributed by atoms with E-state index in [9.17, 15) is 18.3 Å². The zero-order valence-corrected chi connectivity index (χ0v) is 21.0. The van der Waals surface area contributed by atoms with E-state index in [1.54, 1.807) is 6.20 Å². The second-order valence-corrected chi connectivity index (χ2v) is 9.98. The summed E-state index contributed by atoms with van der Waals surface area (Å²) >= 11 is 12.6. The fourth-order valence-electron chi connectivity index (χ4n) is 4.13. The molecule has 0 radical (unpaired) electrons. The van der Waals surface area contributed by atoms with Gasteiger partial charge in [0.25, 0.3) is 0 Å². The van der Waals surface area contributed by atoms with E-state index in [4.69, 9.17) is 33.7 Å². The molecule has 1 atom stereocenters. The number of piperidine rings is 1. The Hall–Kier alpha value is -2.18. The zero-order valence-electron chi connectivity index (χ0n) is 19.5. The molecule has 2 fully saturated rings. The first-order valence-electron chi connectivity index (χ1n) is 11.4. The number of benzene rings is 1. The van der Waals surface area contributed by atoms with Crippen LogP contribution in [0.5, 0.6) is 0 Å². The maximum Gasteiger partial charge on any atom is 0.418 e. The van der Waals surface area contributed by atoms with E-state index in [-0.39, 0.29) is 16.8 Å². The van der Waals surface area contributed by atoms with Crippen LogP contribution in [0.25, 0.3) is 10.9 Å². The number of aliphatic imine (C=N–C) groups is 1. The van der Waals surface area contributed by atoms with Crippen molar-refractivity contribution in [3.63, 3.8) is 0 Å². The molecule has 2 aromatic rings. The summed E-state index contributed by atoms with van der Waals surface area (Å²) in [5.74, 6) is 0.427. The van der Waals surface area contributed by atoms with Gasteiger partial charge in [0.15, 0.2) is 5.60 Å². The molecule has 0 amide bonds. The normalized spacial score (nSPS) is 20.9. The number of rotatable bonds is 7. The van der Waals surface area contributed by atoms with Crippen LogP contribution >= 0.6 is 23.2 Å². The van der Waals surface area contributed by atoms with Crippen molar-refractivity contribution >= 4 is 45.2 Å². The molecular weight excluding hydrogens is 520 g/mol. The van der Waals surface area contributed by atoms with Crippen molar-refractivity contribution in [2.24, 2.45) is 10.7 Å². The topological polar surface area (TPSA) is 109 Å². The van der Waals surface area contributed by atoms with Crippen molar-refractivity contribution in [1.82, 2.24) is 14.9 Å². The van der Waals surface area contributed by atoms with E-state index in [0.29, 0.717) is 29.4 Å². The number of hydrogen-bond donors (Lipinski definition) is 3. The average molecular weight is 547 g/mol. The summed E-state index contributed by atoms with van der Waals surface area (Å²) in [6.45, 7) is 3.16. The second kappa shape index (κ2) is 10.7. The third kappa shape index (κ3) is 5.86. The molecule has 13 heteroatoms. The third-order valence-electron chi connectivity index (χ3n) is 6.58. The minimum Gasteiger partial charge on any atom is -0.403 e. The highest BCUT2D eigenvalue weighted by atomic mass is 35.5. The first-order chi connectivity index (χ1) is 17.0. The number of allylic oxidation sites excluding steroid dienone is 1. The number of nitrogens with zero attached hydrogens (tertiary/aromatic N) is 4. The van der Waals surface area contributed by atoms with Crippen molar-refractivity contribution in [2.45, 2.75) is 43.5 Å². The van der Waals surface area contributed by atoms with E-state index in [1.165, 1.54) is 0 Å². The summed E-state index contributed by atoms with van der Waals surface area (Å²) in [6, 6.07) is 4.29. The molecule has 0 aliphatic carbocycles. The van der Waals surface area contributed by atoms with Crippen LogP contribution in [-0.2, 0) is 4.74 Å². The SMILES string of the molecule is CC(O)(CN=C(Cl)/C(=C\N)Nc1ncc2cc(Cl)c(C3CCN(C4COC4)CC3)cc2n1)C(F)(F)F. The molecule has 0 spiro atoms. The molecule has 4 rings (SSSR count). The summed E-state index contributed by atoms with van der Waals surface area (Å²) in [5.41, 5.74) is 4.21. The van der Waals surface area contributed by atoms with Crippen molar-refractivity contribution in [3.05, 3.63) is 40.8 Å². The predicted molar refractivity (Wildman–Crippen MR) is 133 cm³/mol. The monoisotopic (exact) mass is 546 g/mol. The standard InChI is InChI=1S/C23H27Cl2F3N6O2/c1-22(35,23(26,27)28)12-31-20(25)19(8-29)33-21-30-9-14-6-17(24)16(7-18(14)32-21)13-2-4-34(5-3-13)15-10-36-11-15/h6-9,13,15,35H,2-5,10-12,29H2,1H3,(H,30,32,33)/b19-8+,31-20?. The predicted octanol–water partition coefficient (Wildman–Crippen LogP) is 4.02. The number of alkyl halides is 3. The largest absolute Gasteiger partial charge is 0.418 e. The van der Waals surface area contributed by atoms with E-state index in [0.717, 1.165) is 56.3 Å². The highest BCUT2D eigenvalue weighted by Crippen LogP contribution is 2.36. The van der Waals surface area contributed by atoms with Gasteiger partial charge in [-0.05, 0) is 56.5 Å². The van der Waals surface area contributed by atoms with Crippen LogP contribution in [0, 0.1) is 0 Å². The number of anilines is 1. The lowest BCUT2D eigenvalue weighted by molar-refractivity contribution is -0.248. The van der Waals surface area contributed by atoms with Gasteiger partial charge in [-0.15, -0.1) is 0 Å². The lowest BCUT2D eigenvalue weighted by atomic mass is 9.88. The Kier molecular flexibility index (Phi) is 7.96. The molecule has 1 aromatic carbocycles. The summed E-state index contributed by atoms with van der Waals surface area (Å²) in [6.07, 6.45) is -0.295. The maximum absolute atomic E-state index is 12.9. The van der Waals surface area contributed by atoms with Crippen LogP contribution in [0.4, 0.5) is 19.1 Å². The first-order valence-corrected chi connectivity index (χ1v) is 12.2. The number of nitrogens with two attached hydrogens (primary N) is 1. The van der Waals surface area contributed by atoms with Gasteiger partial charge in [0.2, 0.25) is 5.95 Å². The molecule has 0 saturated carbocycles. The van der Waals surface area contributed by atoms with Gasteiger partial charge in [-0.1, -0.05) is 23.2 Å². The summed E-state index contributed by atoms with van der Waals surface area (Å²) < 4.78 is 43.9. The summed E-state index contributed by atoms with van der Waals surface area (Å²) in [5, 5.41) is 13.4. The minimum atomic E-state index is -4.86. The van der Waals surface area contributed by atoms with E-state index < -0.39 is 18.3 Å². The van der Waals surface area contributed by atoms with Gasteiger partial charge in [-0.2, -0.15) is 13.2 Å².